The summed E-state index contributed by atoms with van der Waals surface area (Å²) in [5.41, 5.74) is 9.35. The molecule has 3 rings (SSSR count). The van der Waals surface area contributed by atoms with Crippen LogP contribution in [0.5, 0.6) is 0 Å². The monoisotopic (exact) mass is 421 g/mol. The molecule has 0 unspecified atom stereocenters. The van der Waals surface area contributed by atoms with Gasteiger partial charge in [-0.15, -0.1) is 0 Å². The van der Waals surface area contributed by atoms with Crippen molar-refractivity contribution in [3.05, 3.63) is 71.2 Å². The summed E-state index contributed by atoms with van der Waals surface area (Å²) in [6, 6.07) is 11.9. The summed E-state index contributed by atoms with van der Waals surface area (Å²) in [4.78, 5) is 32.9. The summed E-state index contributed by atoms with van der Waals surface area (Å²) >= 11 is 0. The zero-order chi connectivity index (χ0) is 22.4. The number of carbonyl (C=O) groups is 2. The number of nitrogens with one attached hydrogen (secondary N) is 2. The third-order valence-electron chi connectivity index (χ3n) is 4.29. The van der Waals surface area contributed by atoms with E-state index in [1.807, 2.05) is 19.9 Å². The van der Waals surface area contributed by atoms with E-state index in [-0.39, 0.29) is 18.3 Å². The lowest BCUT2D eigenvalue weighted by atomic mass is 10.2. The molecule has 0 fully saturated rings. The van der Waals surface area contributed by atoms with E-state index in [2.05, 4.69) is 25.9 Å². The van der Waals surface area contributed by atoms with Crippen molar-refractivity contribution in [1.82, 2.24) is 20.1 Å². The van der Waals surface area contributed by atoms with Crippen LogP contribution in [0, 0.1) is 13.8 Å². The van der Waals surface area contributed by atoms with Gasteiger partial charge >= 0.3 is 0 Å². The summed E-state index contributed by atoms with van der Waals surface area (Å²) in [5.74, 6) is 0.130. The molecule has 2 aromatic heterocycles. The second-order valence-electron chi connectivity index (χ2n) is 6.70. The first-order chi connectivity index (χ1) is 14.9. The van der Waals surface area contributed by atoms with Crippen molar-refractivity contribution in [1.29, 1.82) is 0 Å². The minimum atomic E-state index is -0.415. The number of oxime groups is 1. The first kappa shape index (κ1) is 21.5. The van der Waals surface area contributed by atoms with Crippen molar-refractivity contribution >= 4 is 23.3 Å². The Labute approximate surface area is 179 Å². The molecule has 0 spiro atoms. The Bertz CT molecular complexity index is 1100. The van der Waals surface area contributed by atoms with Crippen molar-refractivity contribution < 1.29 is 14.4 Å². The SMILES string of the molecule is CNC(=O)c1ccc(NC(=O)CO/N=C(/N)c2ccc(-n3nc(C)cc3C)nc2)cc1. The second kappa shape index (κ2) is 9.53. The molecule has 10 heteroatoms. The fraction of sp³-hybridized carbons (Fsp3) is 0.190. The zero-order valence-corrected chi connectivity index (χ0v) is 17.4. The lowest BCUT2D eigenvalue weighted by Gasteiger charge is -2.07. The first-order valence-corrected chi connectivity index (χ1v) is 9.45. The number of pyridine rings is 1. The Morgan fingerprint density at radius 3 is 2.42 bits per heavy atom. The van der Waals surface area contributed by atoms with Gasteiger partial charge < -0.3 is 21.2 Å². The normalized spacial score (nSPS) is 11.1. The van der Waals surface area contributed by atoms with Gasteiger partial charge in [-0.2, -0.15) is 5.10 Å². The van der Waals surface area contributed by atoms with E-state index in [1.165, 1.54) is 0 Å². The van der Waals surface area contributed by atoms with E-state index in [1.54, 1.807) is 54.3 Å². The summed E-state index contributed by atoms with van der Waals surface area (Å²) in [6.07, 6.45) is 1.56. The molecule has 10 nitrogen and oxygen atoms in total. The minimum Gasteiger partial charge on any atom is -0.384 e. The average Bonchev–Trinajstić information content (AvgIpc) is 3.11. The summed E-state index contributed by atoms with van der Waals surface area (Å²) in [6.45, 7) is 3.53. The number of amidine groups is 1. The van der Waals surface area contributed by atoms with Crippen LogP contribution in [0.4, 0.5) is 5.69 Å². The molecular weight excluding hydrogens is 398 g/mol. The highest BCUT2D eigenvalue weighted by Gasteiger charge is 2.08. The highest BCUT2D eigenvalue weighted by molar-refractivity contribution is 5.97. The number of carbonyl (C=O) groups excluding carboxylic acids is 2. The van der Waals surface area contributed by atoms with Gasteiger partial charge in [0.05, 0.1) is 5.69 Å². The summed E-state index contributed by atoms with van der Waals surface area (Å²) < 4.78 is 1.73. The van der Waals surface area contributed by atoms with Crippen LogP contribution in [0.15, 0.2) is 53.8 Å². The molecule has 0 atom stereocenters. The summed E-state index contributed by atoms with van der Waals surface area (Å²) in [5, 5.41) is 13.3. The van der Waals surface area contributed by atoms with Gasteiger partial charge in [0.15, 0.2) is 18.3 Å². The maximum atomic E-state index is 12.0. The fourth-order valence-electron chi connectivity index (χ4n) is 2.78. The van der Waals surface area contributed by atoms with Crippen LogP contribution in [-0.4, -0.2) is 46.1 Å². The van der Waals surface area contributed by atoms with E-state index in [4.69, 9.17) is 10.6 Å². The lowest BCUT2D eigenvalue weighted by Crippen LogP contribution is -2.20. The highest BCUT2D eigenvalue weighted by Crippen LogP contribution is 2.11. The Balaban J connectivity index is 1.53. The molecule has 1 aromatic carbocycles. The number of benzene rings is 1. The van der Waals surface area contributed by atoms with Gasteiger partial charge in [-0.05, 0) is 56.3 Å². The Morgan fingerprint density at radius 1 is 1.13 bits per heavy atom. The molecule has 4 N–H and O–H groups in total. The van der Waals surface area contributed by atoms with Crippen LogP contribution in [-0.2, 0) is 9.63 Å². The van der Waals surface area contributed by atoms with E-state index >= 15 is 0 Å². The van der Waals surface area contributed by atoms with Crippen LogP contribution in [0.25, 0.3) is 5.82 Å². The number of rotatable bonds is 7. The molecule has 0 aliphatic heterocycles. The molecular formula is C21H23N7O3. The van der Waals surface area contributed by atoms with Gasteiger partial charge in [-0.25, -0.2) is 9.67 Å². The van der Waals surface area contributed by atoms with Crippen LogP contribution >= 0.6 is 0 Å². The average molecular weight is 421 g/mol. The molecule has 0 radical (unpaired) electrons. The molecule has 2 amide bonds. The number of hydrogen-bond acceptors (Lipinski definition) is 6. The second-order valence-corrected chi connectivity index (χ2v) is 6.70. The maximum Gasteiger partial charge on any atom is 0.265 e. The number of amides is 2. The van der Waals surface area contributed by atoms with Crippen molar-refractivity contribution in [3.8, 4) is 5.82 Å². The first-order valence-electron chi connectivity index (χ1n) is 9.45. The standard InChI is InChI=1S/C21H23N7O3/c1-13-10-14(2)28(26-13)18-9-6-16(11-24-18)20(22)27-31-12-19(29)25-17-7-4-15(5-8-17)21(30)23-3/h4-11H,12H2,1-3H3,(H2,22,27)(H,23,30)(H,25,29). The van der Waals surface area contributed by atoms with Gasteiger partial charge in [0.2, 0.25) is 0 Å². The van der Waals surface area contributed by atoms with E-state index in [0.29, 0.717) is 22.6 Å². The molecule has 0 aliphatic carbocycles. The molecule has 160 valence electrons. The quantitative estimate of drug-likeness (QED) is 0.301. The third-order valence-corrected chi connectivity index (χ3v) is 4.29. The van der Waals surface area contributed by atoms with Crippen LogP contribution in [0.1, 0.15) is 27.3 Å². The Kier molecular flexibility index (Phi) is 6.61. The molecule has 0 aliphatic rings. The van der Waals surface area contributed by atoms with Crippen molar-refractivity contribution in [2.24, 2.45) is 10.9 Å². The predicted octanol–water partition coefficient (Wildman–Crippen LogP) is 1.52. The smallest absolute Gasteiger partial charge is 0.265 e. The number of aryl methyl sites for hydroxylation is 2. The largest absolute Gasteiger partial charge is 0.384 e. The maximum absolute atomic E-state index is 12.0. The zero-order valence-electron chi connectivity index (χ0n) is 17.4. The highest BCUT2D eigenvalue weighted by atomic mass is 16.6. The topological polar surface area (TPSA) is 137 Å². The summed E-state index contributed by atoms with van der Waals surface area (Å²) in [7, 11) is 1.55. The van der Waals surface area contributed by atoms with Crippen LogP contribution < -0.4 is 16.4 Å². The molecule has 0 bridgehead atoms. The Morgan fingerprint density at radius 2 is 1.84 bits per heavy atom. The van der Waals surface area contributed by atoms with E-state index in [9.17, 15) is 9.59 Å². The number of aromatic nitrogens is 3. The molecule has 0 saturated heterocycles. The van der Waals surface area contributed by atoms with Crippen LogP contribution in [0.2, 0.25) is 0 Å². The van der Waals surface area contributed by atoms with Crippen molar-refractivity contribution in [2.75, 3.05) is 19.0 Å². The Hall–Kier alpha value is -4.21. The van der Waals surface area contributed by atoms with Crippen molar-refractivity contribution in [2.45, 2.75) is 13.8 Å². The fourth-order valence-corrected chi connectivity index (χ4v) is 2.78. The number of anilines is 1. The molecule has 0 saturated carbocycles. The van der Waals surface area contributed by atoms with Crippen LogP contribution in [0.3, 0.4) is 0 Å². The van der Waals surface area contributed by atoms with E-state index in [0.717, 1.165) is 11.4 Å². The van der Waals surface area contributed by atoms with Gasteiger partial charge in [0.1, 0.15) is 0 Å². The van der Waals surface area contributed by atoms with Gasteiger partial charge in [-0.3, -0.25) is 9.59 Å². The van der Waals surface area contributed by atoms with Crippen molar-refractivity contribution in [3.63, 3.8) is 0 Å². The molecule has 3 aromatic rings. The molecule has 2 heterocycles. The van der Waals surface area contributed by atoms with Gasteiger partial charge in [0.25, 0.3) is 11.8 Å². The number of nitrogens with two attached hydrogens (primary N) is 1. The lowest BCUT2D eigenvalue weighted by molar-refractivity contribution is -0.120. The third kappa shape index (κ3) is 5.44. The number of nitrogens with zero attached hydrogens (tertiary/aromatic N) is 4. The van der Waals surface area contributed by atoms with Gasteiger partial charge in [0, 0.05) is 35.8 Å². The number of hydrogen-bond donors (Lipinski definition) is 3. The van der Waals surface area contributed by atoms with Gasteiger partial charge in [-0.1, -0.05) is 5.16 Å². The molecule has 31 heavy (non-hydrogen) atoms. The predicted molar refractivity (Wildman–Crippen MR) is 116 cm³/mol. The minimum absolute atomic E-state index is 0.0927. The van der Waals surface area contributed by atoms with E-state index < -0.39 is 5.91 Å².